The Morgan fingerprint density at radius 1 is 1.50 bits per heavy atom. The molecule has 1 saturated heterocycles. The van der Waals surface area contributed by atoms with Crippen molar-refractivity contribution in [1.82, 2.24) is 5.06 Å². The second kappa shape index (κ2) is 3.59. The maximum Gasteiger partial charge on any atom is 0.337 e. The summed E-state index contributed by atoms with van der Waals surface area (Å²) in [4.78, 5) is 27.8. The van der Waals surface area contributed by atoms with Gasteiger partial charge < -0.3 is 4.84 Å². The van der Waals surface area contributed by atoms with Crippen molar-refractivity contribution in [3.63, 3.8) is 0 Å². The first-order valence-electron chi connectivity index (χ1n) is 4.87. The Bertz CT molecular complexity index is 255. The van der Waals surface area contributed by atoms with Crippen molar-refractivity contribution < 1.29 is 14.4 Å². The number of hydrogen-bond donors (Lipinski definition) is 0. The highest BCUT2D eigenvalue weighted by Crippen LogP contribution is 2.22. The predicted octanol–water partition coefficient (Wildman–Crippen LogP) is 1.50. The molecule has 0 aliphatic carbocycles. The maximum absolute atomic E-state index is 11.5. The van der Waals surface area contributed by atoms with Crippen LogP contribution in [0.15, 0.2) is 0 Å². The lowest BCUT2D eigenvalue weighted by Gasteiger charge is -2.24. The molecule has 0 aromatic carbocycles. The van der Waals surface area contributed by atoms with Crippen LogP contribution in [0.5, 0.6) is 0 Å². The first-order valence-corrected chi connectivity index (χ1v) is 4.87. The largest absolute Gasteiger partial charge is 0.337 e. The van der Waals surface area contributed by atoms with E-state index in [-0.39, 0.29) is 17.9 Å². The Morgan fingerprint density at radius 2 is 2.07 bits per heavy atom. The maximum atomic E-state index is 11.5. The molecule has 1 rings (SSSR count). The molecule has 1 amide bonds. The smallest absolute Gasteiger partial charge is 0.337 e. The zero-order valence-electron chi connectivity index (χ0n) is 9.16. The van der Waals surface area contributed by atoms with Crippen molar-refractivity contribution in [2.45, 2.75) is 46.6 Å². The molecule has 4 heteroatoms. The summed E-state index contributed by atoms with van der Waals surface area (Å²) in [5.74, 6) is -0.463. The van der Waals surface area contributed by atoms with Crippen LogP contribution in [0.2, 0.25) is 0 Å². The third-order valence-electron chi connectivity index (χ3n) is 2.22. The van der Waals surface area contributed by atoms with Gasteiger partial charge in [-0.2, -0.15) is 5.06 Å². The molecule has 0 spiro atoms. The molecule has 0 bridgehead atoms. The zero-order chi connectivity index (χ0) is 10.9. The average molecular weight is 199 g/mol. The second-order valence-electron chi connectivity index (χ2n) is 4.74. The fourth-order valence-electron chi connectivity index (χ4n) is 1.17. The van der Waals surface area contributed by atoms with Crippen LogP contribution in [0.3, 0.4) is 0 Å². The molecule has 1 aliphatic rings. The van der Waals surface area contributed by atoms with Crippen molar-refractivity contribution in [2.75, 3.05) is 0 Å². The first kappa shape index (κ1) is 11.0. The molecule has 4 nitrogen and oxygen atoms in total. The standard InChI is InChI=1S/C10H17NO3/c1-7-5-6-8(12)11(7)14-9(13)10(2,3)4/h7H,5-6H2,1-4H3. The molecule has 1 atom stereocenters. The van der Waals surface area contributed by atoms with Crippen molar-refractivity contribution in [1.29, 1.82) is 0 Å². The van der Waals surface area contributed by atoms with E-state index in [0.29, 0.717) is 6.42 Å². The van der Waals surface area contributed by atoms with Crippen molar-refractivity contribution in [3.8, 4) is 0 Å². The van der Waals surface area contributed by atoms with E-state index in [0.717, 1.165) is 6.42 Å². The second-order valence-corrected chi connectivity index (χ2v) is 4.74. The van der Waals surface area contributed by atoms with Crippen LogP contribution >= 0.6 is 0 Å². The Kier molecular flexibility index (Phi) is 2.83. The number of carbonyl (C=O) groups is 2. The van der Waals surface area contributed by atoms with Gasteiger partial charge in [-0.15, -0.1) is 0 Å². The van der Waals surface area contributed by atoms with Gasteiger partial charge in [-0.05, 0) is 34.1 Å². The fourth-order valence-corrected chi connectivity index (χ4v) is 1.17. The Hall–Kier alpha value is -1.06. The molecule has 0 aromatic rings. The van der Waals surface area contributed by atoms with Gasteiger partial charge in [-0.3, -0.25) is 4.79 Å². The highest BCUT2D eigenvalue weighted by atomic mass is 16.7. The number of carbonyl (C=O) groups excluding carboxylic acids is 2. The molecule has 0 aromatic heterocycles. The van der Waals surface area contributed by atoms with Crippen molar-refractivity contribution in [2.24, 2.45) is 5.41 Å². The topological polar surface area (TPSA) is 46.6 Å². The van der Waals surface area contributed by atoms with Gasteiger partial charge in [0.05, 0.1) is 11.5 Å². The highest BCUT2D eigenvalue weighted by molar-refractivity contribution is 5.81. The summed E-state index contributed by atoms with van der Waals surface area (Å²) in [7, 11) is 0. The van der Waals surface area contributed by atoms with Crippen LogP contribution in [0, 0.1) is 5.41 Å². The summed E-state index contributed by atoms with van der Waals surface area (Å²) < 4.78 is 0. The Morgan fingerprint density at radius 3 is 2.43 bits per heavy atom. The summed E-state index contributed by atoms with van der Waals surface area (Å²) in [5, 5.41) is 1.20. The molecule has 1 heterocycles. The fraction of sp³-hybridized carbons (Fsp3) is 0.800. The van der Waals surface area contributed by atoms with Gasteiger partial charge in [-0.1, -0.05) is 0 Å². The highest BCUT2D eigenvalue weighted by Gasteiger charge is 2.34. The van der Waals surface area contributed by atoms with Gasteiger partial charge in [-0.25, -0.2) is 4.79 Å². The van der Waals surface area contributed by atoms with E-state index in [4.69, 9.17) is 4.84 Å². The van der Waals surface area contributed by atoms with Gasteiger partial charge in [0.1, 0.15) is 0 Å². The van der Waals surface area contributed by atoms with E-state index in [1.54, 1.807) is 20.8 Å². The quantitative estimate of drug-likeness (QED) is 0.643. The Labute approximate surface area is 84.2 Å². The van der Waals surface area contributed by atoms with Gasteiger partial charge in [0.15, 0.2) is 0 Å². The average Bonchev–Trinajstić information content (AvgIpc) is 2.34. The molecule has 1 fully saturated rings. The zero-order valence-corrected chi connectivity index (χ0v) is 9.16. The number of hydroxylamine groups is 2. The van der Waals surface area contributed by atoms with Gasteiger partial charge in [0.25, 0.3) is 5.91 Å². The molecular weight excluding hydrogens is 182 g/mol. The van der Waals surface area contributed by atoms with E-state index < -0.39 is 5.41 Å². The minimum atomic E-state index is -0.567. The molecule has 0 saturated carbocycles. The summed E-state index contributed by atoms with van der Waals surface area (Å²) in [6.45, 7) is 7.17. The normalized spacial score (nSPS) is 22.7. The van der Waals surface area contributed by atoms with Crippen molar-refractivity contribution in [3.05, 3.63) is 0 Å². The number of rotatable bonds is 1. The number of amides is 1. The van der Waals surface area contributed by atoms with Gasteiger partial charge in [0, 0.05) is 6.42 Å². The van der Waals surface area contributed by atoms with Crippen molar-refractivity contribution >= 4 is 11.9 Å². The first-order chi connectivity index (χ1) is 6.32. The van der Waals surface area contributed by atoms with E-state index in [2.05, 4.69) is 0 Å². The minimum Gasteiger partial charge on any atom is -0.337 e. The van der Waals surface area contributed by atoms with Gasteiger partial charge >= 0.3 is 5.97 Å². The molecule has 80 valence electrons. The molecule has 1 unspecified atom stereocenters. The summed E-state index contributed by atoms with van der Waals surface area (Å²) >= 11 is 0. The number of nitrogens with zero attached hydrogens (tertiary/aromatic N) is 1. The summed E-state index contributed by atoms with van der Waals surface area (Å²) in [5.41, 5.74) is -0.567. The minimum absolute atomic E-state index is 0.00815. The van der Waals surface area contributed by atoms with Gasteiger partial charge in [0.2, 0.25) is 0 Å². The predicted molar refractivity (Wildman–Crippen MR) is 51.1 cm³/mol. The monoisotopic (exact) mass is 199 g/mol. The van der Waals surface area contributed by atoms with E-state index in [9.17, 15) is 9.59 Å². The van der Waals surface area contributed by atoms with Crippen LogP contribution in [-0.2, 0) is 14.4 Å². The molecule has 0 radical (unpaired) electrons. The molecule has 1 aliphatic heterocycles. The van der Waals surface area contributed by atoms with Crippen LogP contribution in [-0.4, -0.2) is 23.0 Å². The van der Waals surface area contributed by atoms with Crippen LogP contribution < -0.4 is 0 Å². The van der Waals surface area contributed by atoms with E-state index in [1.165, 1.54) is 5.06 Å². The third-order valence-corrected chi connectivity index (χ3v) is 2.22. The number of hydrogen-bond acceptors (Lipinski definition) is 3. The molecule has 14 heavy (non-hydrogen) atoms. The lowest BCUT2D eigenvalue weighted by molar-refractivity contribution is -0.206. The van der Waals surface area contributed by atoms with Crippen LogP contribution in [0.25, 0.3) is 0 Å². The van der Waals surface area contributed by atoms with Crippen LogP contribution in [0.1, 0.15) is 40.5 Å². The van der Waals surface area contributed by atoms with E-state index >= 15 is 0 Å². The molecule has 0 N–H and O–H groups in total. The lowest BCUT2D eigenvalue weighted by Crippen LogP contribution is -2.37. The molecular formula is C10H17NO3. The van der Waals surface area contributed by atoms with Crippen LogP contribution in [0.4, 0.5) is 0 Å². The third kappa shape index (κ3) is 2.25. The SMILES string of the molecule is CC1CCC(=O)N1OC(=O)C(C)(C)C. The Balaban J connectivity index is 2.60. The summed E-state index contributed by atoms with van der Waals surface area (Å²) in [6.07, 6.45) is 1.23. The lowest BCUT2D eigenvalue weighted by atomic mass is 9.98. The van der Waals surface area contributed by atoms with E-state index in [1.807, 2.05) is 6.92 Å². The summed E-state index contributed by atoms with van der Waals surface area (Å²) in [6, 6.07) is 0.00815.